The maximum absolute atomic E-state index is 11.9. The number of nitrogens with zero attached hydrogens (tertiary/aromatic N) is 3. The first-order valence-corrected chi connectivity index (χ1v) is 7.86. The zero-order valence-corrected chi connectivity index (χ0v) is 12.7. The van der Waals surface area contributed by atoms with Gasteiger partial charge in [-0.05, 0) is 25.7 Å². The van der Waals surface area contributed by atoms with Crippen molar-refractivity contribution in [2.45, 2.75) is 58.2 Å². The lowest BCUT2D eigenvalue weighted by Crippen LogP contribution is -2.42. The zero-order valence-electron chi connectivity index (χ0n) is 12.7. The molecule has 1 aliphatic carbocycles. The van der Waals surface area contributed by atoms with Crippen LogP contribution in [0.4, 0.5) is 0 Å². The van der Waals surface area contributed by atoms with Crippen molar-refractivity contribution in [1.29, 1.82) is 0 Å². The summed E-state index contributed by atoms with van der Waals surface area (Å²) in [7, 11) is 0. The number of rotatable bonds is 5. The van der Waals surface area contributed by atoms with Crippen LogP contribution in [0, 0.1) is 5.92 Å². The molecule has 21 heavy (non-hydrogen) atoms. The summed E-state index contributed by atoms with van der Waals surface area (Å²) in [5.41, 5.74) is 0. The standard InChI is InChI=1S/C15H23N3O3/c1-10(2)15(19)18-7-5-12(6-8-18)20-9-13-16-14(17-21-13)11-3-4-11/h10-12H,3-9H2,1-2H3. The number of amides is 1. The highest BCUT2D eigenvalue weighted by Crippen LogP contribution is 2.38. The van der Waals surface area contributed by atoms with E-state index in [4.69, 9.17) is 9.26 Å². The lowest BCUT2D eigenvalue weighted by Gasteiger charge is -2.32. The van der Waals surface area contributed by atoms with Crippen molar-refractivity contribution in [1.82, 2.24) is 15.0 Å². The third-order valence-corrected chi connectivity index (χ3v) is 4.12. The van der Waals surface area contributed by atoms with E-state index in [0.717, 1.165) is 31.8 Å². The van der Waals surface area contributed by atoms with E-state index in [1.807, 2.05) is 18.7 Å². The van der Waals surface area contributed by atoms with Crippen LogP contribution in [-0.2, 0) is 16.1 Å². The molecule has 3 rings (SSSR count). The molecule has 1 aliphatic heterocycles. The fourth-order valence-electron chi connectivity index (χ4n) is 2.63. The smallest absolute Gasteiger partial charge is 0.252 e. The molecule has 6 heteroatoms. The Morgan fingerprint density at radius 3 is 2.67 bits per heavy atom. The van der Waals surface area contributed by atoms with E-state index in [0.29, 0.717) is 18.4 Å². The average Bonchev–Trinajstić information content (AvgIpc) is 3.24. The van der Waals surface area contributed by atoms with Crippen LogP contribution < -0.4 is 0 Å². The maximum atomic E-state index is 11.9. The number of aromatic nitrogens is 2. The van der Waals surface area contributed by atoms with E-state index in [1.165, 1.54) is 12.8 Å². The second-order valence-electron chi connectivity index (χ2n) is 6.31. The molecule has 1 saturated carbocycles. The predicted molar refractivity (Wildman–Crippen MR) is 75.5 cm³/mol. The van der Waals surface area contributed by atoms with Crippen LogP contribution in [0.2, 0.25) is 0 Å². The minimum Gasteiger partial charge on any atom is -0.368 e. The van der Waals surface area contributed by atoms with E-state index in [2.05, 4.69) is 10.1 Å². The average molecular weight is 293 g/mol. The van der Waals surface area contributed by atoms with Crippen LogP contribution in [0.5, 0.6) is 0 Å². The molecule has 0 bridgehead atoms. The molecule has 1 amide bonds. The summed E-state index contributed by atoms with van der Waals surface area (Å²) < 4.78 is 11.0. The van der Waals surface area contributed by atoms with Crippen LogP contribution in [0.25, 0.3) is 0 Å². The van der Waals surface area contributed by atoms with E-state index in [1.54, 1.807) is 0 Å². The molecule has 0 aromatic carbocycles. The molecule has 0 radical (unpaired) electrons. The van der Waals surface area contributed by atoms with Gasteiger partial charge in [-0.3, -0.25) is 4.79 Å². The molecule has 116 valence electrons. The summed E-state index contributed by atoms with van der Waals surface area (Å²) in [6.07, 6.45) is 4.27. The molecular formula is C15H23N3O3. The van der Waals surface area contributed by atoms with Crippen molar-refractivity contribution in [2.24, 2.45) is 5.92 Å². The van der Waals surface area contributed by atoms with Crippen molar-refractivity contribution < 1.29 is 14.1 Å². The van der Waals surface area contributed by atoms with Crippen LogP contribution in [0.15, 0.2) is 4.52 Å². The summed E-state index contributed by atoms with van der Waals surface area (Å²) >= 11 is 0. The van der Waals surface area contributed by atoms with Crippen molar-refractivity contribution >= 4 is 5.91 Å². The largest absolute Gasteiger partial charge is 0.368 e. The lowest BCUT2D eigenvalue weighted by molar-refractivity contribution is -0.137. The van der Waals surface area contributed by atoms with E-state index in [-0.39, 0.29) is 17.9 Å². The number of hydrogen-bond donors (Lipinski definition) is 0. The Bertz CT molecular complexity index is 488. The topological polar surface area (TPSA) is 68.5 Å². The summed E-state index contributed by atoms with van der Waals surface area (Å²) in [6.45, 7) is 5.82. The minimum absolute atomic E-state index is 0.0710. The highest BCUT2D eigenvalue weighted by atomic mass is 16.5. The molecule has 2 fully saturated rings. The summed E-state index contributed by atoms with van der Waals surface area (Å²) in [5.74, 6) is 2.21. The summed E-state index contributed by atoms with van der Waals surface area (Å²) in [5, 5.41) is 3.98. The number of carbonyl (C=O) groups excluding carboxylic acids is 1. The van der Waals surface area contributed by atoms with Gasteiger partial charge in [0.15, 0.2) is 5.82 Å². The van der Waals surface area contributed by atoms with E-state index < -0.39 is 0 Å². The minimum atomic E-state index is 0.0710. The number of hydrogen-bond acceptors (Lipinski definition) is 5. The van der Waals surface area contributed by atoms with Gasteiger partial charge >= 0.3 is 0 Å². The third-order valence-electron chi connectivity index (χ3n) is 4.12. The normalized spacial score (nSPS) is 20.2. The fourth-order valence-corrected chi connectivity index (χ4v) is 2.63. The highest BCUT2D eigenvalue weighted by Gasteiger charge is 2.29. The van der Waals surface area contributed by atoms with Gasteiger partial charge in [0.25, 0.3) is 5.89 Å². The fraction of sp³-hybridized carbons (Fsp3) is 0.800. The second-order valence-corrected chi connectivity index (χ2v) is 6.31. The van der Waals surface area contributed by atoms with Crippen molar-refractivity contribution in [2.75, 3.05) is 13.1 Å². The first kappa shape index (κ1) is 14.5. The molecule has 0 atom stereocenters. The molecule has 0 unspecified atom stereocenters. The first-order valence-electron chi connectivity index (χ1n) is 7.86. The molecule has 0 spiro atoms. The van der Waals surface area contributed by atoms with E-state index >= 15 is 0 Å². The number of ether oxygens (including phenoxy) is 1. The molecule has 1 saturated heterocycles. The van der Waals surface area contributed by atoms with Crippen molar-refractivity contribution in [3.05, 3.63) is 11.7 Å². The zero-order chi connectivity index (χ0) is 14.8. The number of piperidine rings is 1. The van der Waals surface area contributed by atoms with Crippen LogP contribution in [-0.4, -0.2) is 40.1 Å². The Hall–Kier alpha value is -1.43. The Balaban J connectivity index is 1.41. The Labute approximate surface area is 124 Å². The second kappa shape index (κ2) is 6.13. The van der Waals surface area contributed by atoms with Crippen LogP contribution in [0.3, 0.4) is 0 Å². The first-order chi connectivity index (χ1) is 10.1. The van der Waals surface area contributed by atoms with Gasteiger partial charge in [-0.15, -0.1) is 0 Å². The van der Waals surface area contributed by atoms with Gasteiger partial charge in [0.1, 0.15) is 6.61 Å². The van der Waals surface area contributed by atoms with Gasteiger partial charge in [-0.2, -0.15) is 4.98 Å². The highest BCUT2D eigenvalue weighted by molar-refractivity contribution is 5.78. The summed E-state index contributed by atoms with van der Waals surface area (Å²) in [6, 6.07) is 0. The SMILES string of the molecule is CC(C)C(=O)N1CCC(OCc2nc(C3CC3)no2)CC1. The molecule has 2 aliphatic rings. The van der Waals surface area contributed by atoms with Gasteiger partial charge in [0, 0.05) is 24.9 Å². The van der Waals surface area contributed by atoms with Crippen LogP contribution >= 0.6 is 0 Å². The number of likely N-dealkylation sites (tertiary alicyclic amines) is 1. The number of carbonyl (C=O) groups is 1. The third kappa shape index (κ3) is 3.61. The van der Waals surface area contributed by atoms with E-state index in [9.17, 15) is 4.79 Å². The van der Waals surface area contributed by atoms with Crippen LogP contribution in [0.1, 0.15) is 57.2 Å². The quantitative estimate of drug-likeness (QED) is 0.831. The van der Waals surface area contributed by atoms with Gasteiger partial charge < -0.3 is 14.2 Å². The molecular weight excluding hydrogens is 270 g/mol. The van der Waals surface area contributed by atoms with Gasteiger partial charge in [-0.1, -0.05) is 19.0 Å². The lowest BCUT2D eigenvalue weighted by atomic mass is 10.1. The van der Waals surface area contributed by atoms with Crippen molar-refractivity contribution in [3.63, 3.8) is 0 Å². The Kier molecular flexibility index (Phi) is 4.24. The predicted octanol–water partition coefficient (Wildman–Crippen LogP) is 2.11. The summed E-state index contributed by atoms with van der Waals surface area (Å²) in [4.78, 5) is 18.2. The Morgan fingerprint density at radius 2 is 2.05 bits per heavy atom. The monoisotopic (exact) mass is 293 g/mol. The van der Waals surface area contributed by atoms with Gasteiger partial charge in [0.2, 0.25) is 5.91 Å². The van der Waals surface area contributed by atoms with Crippen molar-refractivity contribution in [3.8, 4) is 0 Å². The maximum Gasteiger partial charge on any atom is 0.252 e. The molecule has 6 nitrogen and oxygen atoms in total. The molecule has 0 N–H and O–H groups in total. The van der Waals surface area contributed by atoms with Gasteiger partial charge in [-0.25, -0.2) is 0 Å². The molecule has 1 aromatic rings. The molecule has 2 heterocycles. The Morgan fingerprint density at radius 1 is 1.33 bits per heavy atom. The molecule has 1 aromatic heterocycles. The van der Waals surface area contributed by atoms with Gasteiger partial charge in [0.05, 0.1) is 6.10 Å².